The van der Waals surface area contributed by atoms with Crippen LogP contribution in [0, 0.1) is 0 Å². The van der Waals surface area contributed by atoms with Crippen LogP contribution in [0.3, 0.4) is 0 Å². The Bertz CT molecular complexity index is 1170. The van der Waals surface area contributed by atoms with Crippen molar-refractivity contribution < 1.29 is 15.0 Å². The lowest BCUT2D eigenvalue weighted by Crippen LogP contribution is -2.26. The van der Waals surface area contributed by atoms with Crippen LogP contribution in [0.1, 0.15) is 15.9 Å². The quantitative estimate of drug-likeness (QED) is 0.449. The van der Waals surface area contributed by atoms with Crippen molar-refractivity contribution in [2.24, 2.45) is 0 Å². The minimum atomic E-state index is -0.177. The van der Waals surface area contributed by atoms with Gasteiger partial charge >= 0.3 is 0 Å². The van der Waals surface area contributed by atoms with Crippen molar-refractivity contribution in [2.45, 2.75) is 6.42 Å². The van der Waals surface area contributed by atoms with Crippen molar-refractivity contribution in [3.05, 3.63) is 90.0 Å². The molecule has 0 atom stereocenters. The van der Waals surface area contributed by atoms with E-state index in [4.69, 9.17) is 4.98 Å². The number of fused-ring (bicyclic) bond motifs is 1. The number of carbonyl (C=O) groups excluding carboxylic acids is 1. The van der Waals surface area contributed by atoms with Crippen molar-refractivity contribution >= 4 is 16.8 Å². The van der Waals surface area contributed by atoms with E-state index in [0.717, 1.165) is 27.7 Å². The Balaban J connectivity index is 1.58. The van der Waals surface area contributed by atoms with Gasteiger partial charge in [-0.15, -0.1) is 0 Å². The summed E-state index contributed by atoms with van der Waals surface area (Å²) in [5, 5.41) is 22.7. The Morgan fingerprint density at radius 1 is 0.862 bits per heavy atom. The molecule has 144 valence electrons. The molecule has 0 bridgehead atoms. The second kappa shape index (κ2) is 8.02. The standard InChI is InChI=1S/C24H20N2O3/c27-22-11-10-16(14-23(22)28)12-13-25-24(29)19-15-21(17-6-2-1-3-7-17)26-20-9-5-4-8-18(19)20/h1-11,14-15,27-28H,12-13H2,(H,25,29). The molecule has 0 aliphatic heterocycles. The van der Waals surface area contributed by atoms with Crippen LogP contribution in [-0.4, -0.2) is 27.6 Å². The number of rotatable bonds is 5. The molecular formula is C24H20N2O3. The number of carbonyl (C=O) groups is 1. The van der Waals surface area contributed by atoms with Crippen molar-refractivity contribution in [1.29, 1.82) is 0 Å². The van der Waals surface area contributed by atoms with Gasteiger partial charge in [-0.2, -0.15) is 0 Å². The lowest BCUT2D eigenvalue weighted by molar-refractivity contribution is 0.0955. The van der Waals surface area contributed by atoms with Crippen molar-refractivity contribution in [2.75, 3.05) is 6.54 Å². The van der Waals surface area contributed by atoms with Crippen molar-refractivity contribution in [3.8, 4) is 22.8 Å². The third-order valence-electron chi connectivity index (χ3n) is 4.77. The van der Waals surface area contributed by atoms with Crippen molar-refractivity contribution in [3.63, 3.8) is 0 Å². The van der Waals surface area contributed by atoms with Gasteiger partial charge in [0.1, 0.15) is 0 Å². The highest BCUT2D eigenvalue weighted by atomic mass is 16.3. The summed E-state index contributed by atoms with van der Waals surface area (Å²) in [7, 11) is 0. The zero-order chi connectivity index (χ0) is 20.2. The first kappa shape index (κ1) is 18.5. The Hall–Kier alpha value is -3.86. The molecule has 29 heavy (non-hydrogen) atoms. The lowest BCUT2D eigenvalue weighted by Gasteiger charge is -2.11. The number of amides is 1. The SMILES string of the molecule is O=C(NCCc1ccc(O)c(O)c1)c1cc(-c2ccccc2)nc2ccccc12. The number of para-hydroxylation sites is 1. The molecule has 3 aromatic carbocycles. The van der Waals surface area contributed by atoms with Gasteiger partial charge in [-0.3, -0.25) is 4.79 Å². The van der Waals surface area contributed by atoms with E-state index in [1.54, 1.807) is 6.07 Å². The topological polar surface area (TPSA) is 82.5 Å². The Labute approximate surface area is 168 Å². The maximum absolute atomic E-state index is 12.9. The molecule has 1 amide bonds. The number of pyridine rings is 1. The molecule has 3 N–H and O–H groups in total. The van der Waals surface area contributed by atoms with Gasteiger partial charge in [0.25, 0.3) is 5.91 Å². The normalized spacial score (nSPS) is 10.8. The van der Waals surface area contributed by atoms with E-state index in [-0.39, 0.29) is 17.4 Å². The number of hydrogen-bond donors (Lipinski definition) is 3. The van der Waals surface area contributed by atoms with Gasteiger partial charge in [0.05, 0.1) is 16.8 Å². The number of aromatic nitrogens is 1. The third-order valence-corrected chi connectivity index (χ3v) is 4.77. The highest BCUT2D eigenvalue weighted by Gasteiger charge is 2.13. The molecule has 4 rings (SSSR count). The molecule has 0 radical (unpaired) electrons. The maximum atomic E-state index is 12.9. The lowest BCUT2D eigenvalue weighted by atomic mass is 10.0. The highest BCUT2D eigenvalue weighted by Crippen LogP contribution is 2.26. The average Bonchev–Trinajstić information content (AvgIpc) is 2.76. The minimum Gasteiger partial charge on any atom is -0.504 e. The van der Waals surface area contributed by atoms with Crippen LogP contribution < -0.4 is 5.32 Å². The van der Waals surface area contributed by atoms with E-state index < -0.39 is 0 Å². The predicted molar refractivity (Wildman–Crippen MR) is 113 cm³/mol. The molecule has 1 heterocycles. The van der Waals surface area contributed by atoms with Gasteiger partial charge in [0, 0.05) is 17.5 Å². The van der Waals surface area contributed by atoms with Gasteiger partial charge in [-0.1, -0.05) is 54.6 Å². The van der Waals surface area contributed by atoms with Crippen LogP contribution in [-0.2, 0) is 6.42 Å². The summed E-state index contributed by atoms with van der Waals surface area (Å²) in [5.41, 5.74) is 3.86. The molecule has 0 saturated carbocycles. The Morgan fingerprint density at radius 2 is 1.62 bits per heavy atom. The Kier molecular flexibility index (Phi) is 5.12. The van der Waals surface area contributed by atoms with E-state index in [0.29, 0.717) is 18.5 Å². The van der Waals surface area contributed by atoms with E-state index >= 15 is 0 Å². The number of phenolic OH excluding ortho intramolecular Hbond substituents is 2. The summed E-state index contributed by atoms with van der Waals surface area (Å²) >= 11 is 0. The molecule has 0 saturated heterocycles. The summed E-state index contributed by atoms with van der Waals surface area (Å²) in [6.45, 7) is 0.403. The fourth-order valence-corrected chi connectivity index (χ4v) is 3.26. The summed E-state index contributed by atoms with van der Waals surface area (Å²) in [6.07, 6.45) is 0.536. The number of nitrogens with one attached hydrogen (secondary N) is 1. The van der Waals surface area contributed by atoms with Gasteiger partial charge in [0.15, 0.2) is 11.5 Å². The summed E-state index contributed by atoms with van der Waals surface area (Å²) in [4.78, 5) is 17.6. The van der Waals surface area contributed by atoms with Gasteiger partial charge < -0.3 is 15.5 Å². The summed E-state index contributed by atoms with van der Waals surface area (Å²) < 4.78 is 0. The number of nitrogens with zero attached hydrogens (tertiary/aromatic N) is 1. The Morgan fingerprint density at radius 3 is 2.41 bits per heavy atom. The predicted octanol–water partition coefficient (Wildman–Crippen LogP) is 4.29. The monoisotopic (exact) mass is 384 g/mol. The molecule has 0 fully saturated rings. The summed E-state index contributed by atoms with van der Waals surface area (Å²) in [6, 6.07) is 23.8. The molecule has 0 unspecified atom stereocenters. The average molecular weight is 384 g/mol. The van der Waals surface area contributed by atoms with Crippen LogP contribution in [0.5, 0.6) is 11.5 Å². The largest absolute Gasteiger partial charge is 0.504 e. The zero-order valence-electron chi connectivity index (χ0n) is 15.7. The minimum absolute atomic E-state index is 0.158. The third kappa shape index (κ3) is 4.04. The van der Waals surface area contributed by atoms with E-state index in [1.165, 1.54) is 12.1 Å². The summed E-state index contributed by atoms with van der Waals surface area (Å²) in [5.74, 6) is -0.500. The van der Waals surface area contributed by atoms with E-state index in [9.17, 15) is 15.0 Å². The van der Waals surface area contributed by atoms with Gasteiger partial charge in [-0.05, 0) is 36.2 Å². The molecule has 0 aliphatic carbocycles. The molecule has 0 aliphatic rings. The van der Waals surface area contributed by atoms with Crippen LogP contribution in [0.25, 0.3) is 22.2 Å². The maximum Gasteiger partial charge on any atom is 0.252 e. The highest BCUT2D eigenvalue weighted by molar-refractivity contribution is 6.07. The first-order valence-electron chi connectivity index (χ1n) is 9.36. The van der Waals surface area contributed by atoms with Crippen LogP contribution in [0.15, 0.2) is 78.9 Å². The first-order valence-corrected chi connectivity index (χ1v) is 9.36. The van der Waals surface area contributed by atoms with Crippen LogP contribution in [0.4, 0.5) is 0 Å². The van der Waals surface area contributed by atoms with Gasteiger partial charge in [0.2, 0.25) is 0 Å². The van der Waals surface area contributed by atoms with Crippen LogP contribution >= 0.6 is 0 Å². The van der Waals surface area contributed by atoms with Gasteiger partial charge in [-0.25, -0.2) is 4.98 Å². The second-order valence-electron chi connectivity index (χ2n) is 6.77. The molecular weight excluding hydrogens is 364 g/mol. The molecule has 4 aromatic rings. The smallest absolute Gasteiger partial charge is 0.252 e. The molecule has 0 spiro atoms. The number of benzene rings is 3. The fourth-order valence-electron chi connectivity index (χ4n) is 3.26. The number of hydrogen-bond acceptors (Lipinski definition) is 4. The van der Waals surface area contributed by atoms with Crippen LogP contribution in [0.2, 0.25) is 0 Å². The fraction of sp³-hybridized carbons (Fsp3) is 0.0833. The number of phenols is 2. The van der Waals surface area contributed by atoms with Crippen molar-refractivity contribution in [1.82, 2.24) is 10.3 Å². The zero-order valence-corrected chi connectivity index (χ0v) is 15.7. The molecule has 5 heteroatoms. The van der Waals surface area contributed by atoms with E-state index in [1.807, 2.05) is 60.7 Å². The number of aromatic hydroxyl groups is 2. The molecule has 5 nitrogen and oxygen atoms in total. The van der Waals surface area contributed by atoms with E-state index in [2.05, 4.69) is 5.32 Å². The molecule has 1 aromatic heterocycles. The first-order chi connectivity index (χ1) is 14.1. The second-order valence-corrected chi connectivity index (χ2v) is 6.77.